The zero-order valence-electron chi connectivity index (χ0n) is 15.3. The number of aryl methyl sites for hydroxylation is 1. The van der Waals surface area contributed by atoms with E-state index in [1.54, 1.807) is 18.5 Å². The third kappa shape index (κ3) is 4.05. The molecule has 0 radical (unpaired) electrons. The quantitative estimate of drug-likeness (QED) is 0.863. The fraction of sp³-hybridized carbons (Fsp3) is 0.421. The van der Waals surface area contributed by atoms with Crippen LogP contribution in [0.15, 0.2) is 30.6 Å². The Balaban J connectivity index is 1.38. The van der Waals surface area contributed by atoms with E-state index in [-0.39, 0.29) is 12.1 Å². The summed E-state index contributed by atoms with van der Waals surface area (Å²) in [6, 6.07) is 5.32. The molecule has 1 aromatic carbocycles. The average Bonchev–Trinajstić information content (AvgIpc) is 2.69. The molecule has 1 fully saturated rings. The molecule has 0 spiro atoms. The zero-order chi connectivity index (χ0) is 18.6. The van der Waals surface area contributed by atoms with Crippen molar-refractivity contribution in [3.05, 3.63) is 36.2 Å². The minimum absolute atomic E-state index is 0.0417. The fourth-order valence-electron chi connectivity index (χ4n) is 3.40. The molecule has 2 aliphatic rings. The van der Waals surface area contributed by atoms with Crippen LogP contribution in [0.25, 0.3) is 0 Å². The van der Waals surface area contributed by atoms with E-state index in [1.165, 1.54) is 0 Å². The summed E-state index contributed by atoms with van der Waals surface area (Å²) in [4.78, 5) is 23.2. The predicted octanol–water partition coefficient (Wildman–Crippen LogP) is 2.35. The molecule has 2 aliphatic heterocycles. The van der Waals surface area contributed by atoms with Crippen LogP contribution >= 0.6 is 0 Å². The fourth-order valence-corrected chi connectivity index (χ4v) is 3.40. The molecular weight excluding hydrogens is 346 g/mol. The lowest BCUT2D eigenvalue weighted by molar-refractivity contribution is 0.171. The maximum Gasteiger partial charge on any atom is 0.319 e. The van der Waals surface area contributed by atoms with Crippen molar-refractivity contribution in [1.82, 2.24) is 15.3 Å². The van der Waals surface area contributed by atoms with Crippen LogP contribution in [0.2, 0.25) is 0 Å². The maximum absolute atomic E-state index is 12.5. The van der Waals surface area contributed by atoms with Gasteiger partial charge in [0, 0.05) is 43.3 Å². The van der Waals surface area contributed by atoms with Crippen LogP contribution in [-0.4, -0.2) is 48.3 Å². The molecule has 1 atom stereocenters. The van der Waals surface area contributed by atoms with Crippen molar-refractivity contribution in [1.29, 1.82) is 0 Å². The molecule has 0 unspecified atom stereocenters. The highest BCUT2D eigenvalue weighted by atomic mass is 16.6. The van der Waals surface area contributed by atoms with E-state index in [4.69, 9.17) is 9.47 Å². The molecule has 8 heteroatoms. The topological polar surface area (TPSA) is 88.6 Å². The summed E-state index contributed by atoms with van der Waals surface area (Å²) >= 11 is 0. The predicted molar refractivity (Wildman–Crippen MR) is 102 cm³/mol. The van der Waals surface area contributed by atoms with Gasteiger partial charge in [0.1, 0.15) is 13.2 Å². The molecule has 142 valence electrons. The van der Waals surface area contributed by atoms with Gasteiger partial charge >= 0.3 is 6.03 Å². The Kier molecular flexibility index (Phi) is 4.95. The molecule has 1 saturated heterocycles. The van der Waals surface area contributed by atoms with Gasteiger partial charge in [-0.1, -0.05) is 0 Å². The van der Waals surface area contributed by atoms with E-state index in [0.717, 1.165) is 36.4 Å². The summed E-state index contributed by atoms with van der Waals surface area (Å²) < 4.78 is 11.2. The van der Waals surface area contributed by atoms with Crippen molar-refractivity contribution in [2.75, 3.05) is 36.5 Å². The van der Waals surface area contributed by atoms with Crippen molar-refractivity contribution >= 4 is 17.7 Å². The van der Waals surface area contributed by atoms with Crippen molar-refractivity contribution < 1.29 is 14.3 Å². The van der Waals surface area contributed by atoms with Gasteiger partial charge in [-0.15, -0.1) is 0 Å². The van der Waals surface area contributed by atoms with Gasteiger partial charge < -0.3 is 25.0 Å². The largest absolute Gasteiger partial charge is 0.486 e. The van der Waals surface area contributed by atoms with Gasteiger partial charge in [-0.05, 0) is 37.5 Å². The Labute approximate surface area is 157 Å². The van der Waals surface area contributed by atoms with Gasteiger partial charge in [0.25, 0.3) is 0 Å². The molecule has 2 amide bonds. The van der Waals surface area contributed by atoms with E-state index in [0.29, 0.717) is 31.5 Å². The Morgan fingerprint density at radius 2 is 1.93 bits per heavy atom. The summed E-state index contributed by atoms with van der Waals surface area (Å²) in [5.74, 6) is 2.08. The van der Waals surface area contributed by atoms with Crippen molar-refractivity contribution in [3.8, 4) is 11.5 Å². The number of fused-ring (bicyclic) bond motifs is 1. The van der Waals surface area contributed by atoms with Crippen molar-refractivity contribution in [3.63, 3.8) is 0 Å². The Hall–Kier alpha value is -3.03. The number of urea groups is 1. The highest BCUT2D eigenvalue weighted by molar-refractivity contribution is 5.90. The molecule has 0 aliphatic carbocycles. The normalized spacial score (nSPS) is 18.7. The number of carbonyl (C=O) groups is 1. The Bertz CT molecular complexity index is 814. The molecule has 27 heavy (non-hydrogen) atoms. The molecule has 2 N–H and O–H groups in total. The van der Waals surface area contributed by atoms with Gasteiger partial charge in [0.2, 0.25) is 5.95 Å². The summed E-state index contributed by atoms with van der Waals surface area (Å²) in [5, 5.41) is 5.98. The van der Waals surface area contributed by atoms with Crippen LogP contribution < -0.4 is 25.0 Å². The first-order valence-electron chi connectivity index (χ1n) is 9.19. The highest BCUT2D eigenvalue weighted by Gasteiger charge is 2.23. The zero-order valence-corrected chi connectivity index (χ0v) is 15.3. The number of aromatic nitrogens is 2. The molecule has 0 bridgehead atoms. The Morgan fingerprint density at radius 3 is 2.70 bits per heavy atom. The number of amides is 2. The third-order valence-corrected chi connectivity index (χ3v) is 4.73. The number of carbonyl (C=O) groups excluding carboxylic acids is 1. The van der Waals surface area contributed by atoms with Crippen molar-refractivity contribution in [2.45, 2.75) is 25.8 Å². The molecule has 0 saturated carbocycles. The van der Waals surface area contributed by atoms with Crippen LogP contribution in [0, 0.1) is 6.92 Å². The number of hydrogen-bond donors (Lipinski definition) is 2. The maximum atomic E-state index is 12.5. The SMILES string of the molecule is Cc1cc2c(cc1NC(=O)N[C@@H]1CCCN(c3ncccn3)C1)OCCO2. The highest BCUT2D eigenvalue weighted by Crippen LogP contribution is 2.35. The summed E-state index contributed by atoms with van der Waals surface area (Å²) in [6.45, 7) is 4.58. The Morgan fingerprint density at radius 1 is 1.19 bits per heavy atom. The second-order valence-electron chi connectivity index (χ2n) is 6.74. The van der Waals surface area contributed by atoms with Crippen LogP contribution in [0.5, 0.6) is 11.5 Å². The lowest BCUT2D eigenvalue weighted by atomic mass is 10.1. The average molecular weight is 369 g/mol. The monoisotopic (exact) mass is 369 g/mol. The second-order valence-corrected chi connectivity index (χ2v) is 6.74. The van der Waals surface area contributed by atoms with E-state index in [2.05, 4.69) is 25.5 Å². The van der Waals surface area contributed by atoms with Gasteiger partial charge in [0.15, 0.2) is 11.5 Å². The van der Waals surface area contributed by atoms with Gasteiger partial charge in [-0.25, -0.2) is 14.8 Å². The van der Waals surface area contributed by atoms with Crippen molar-refractivity contribution in [2.24, 2.45) is 0 Å². The first kappa shape index (κ1) is 17.4. The lowest BCUT2D eigenvalue weighted by Crippen LogP contribution is -2.49. The first-order chi connectivity index (χ1) is 13.2. The number of anilines is 2. The van der Waals surface area contributed by atoms with E-state index >= 15 is 0 Å². The third-order valence-electron chi connectivity index (χ3n) is 4.73. The molecule has 4 rings (SSSR count). The molecule has 2 aromatic rings. The van der Waals surface area contributed by atoms with Crippen LogP contribution in [0.1, 0.15) is 18.4 Å². The van der Waals surface area contributed by atoms with Gasteiger partial charge in [-0.2, -0.15) is 0 Å². The summed E-state index contributed by atoms with van der Waals surface area (Å²) in [7, 11) is 0. The van der Waals surface area contributed by atoms with E-state index in [1.807, 2.05) is 19.1 Å². The number of piperidine rings is 1. The summed E-state index contributed by atoms with van der Waals surface area (Å²) in [6.07, 6.45) is 5.37. The number of hydrogen-bond acceptors (Lipinski definition) is 6. The van der Waals surface area contributed by atoms with E-state index < -0.39 is 0 Å². The van der Waals surface area contributed by atoms with Crippen LogP contribution in [-0.2, 0) is 0 Å². The number of ether oxygens (including phenoxy) is 2. The smallest absolute Gasteiger partial charge is 0.319 e. The summed E-state index contributed by atoms with van der Waals surface area (Å²) in [5.41, 5.74) is 1.65. The molecule has 8 nitrogen and oxygen atoms in total. The standard InChI is InChI=1S/C19H23N5O3/c1-13-10-16-17(27-9-8-26-16)11-15(13)23-19(25)22-14-4-2-7-24(12-14)18-20-5-3-6-21-18/h3,5-6,10-11,14H,2,4,7-9,12H2,1H3,(H2,22,23,25)/t14-/m1/s1. The van der Waals surface area contributed by atoms with Gasteiger partial charge in [0.05, 0.1) is 0 Å². The number of benzene rings is 1. The minimum Gasteiger partial charge on any atom is -0.486 e. The van der Waals surface area contributed by atoms with Crippen LogP contribution in [0.4, 0.5) is 16.4 Å². The molecular formula is C19H23N5O3. The number of nitrogens with zero attached hydrogens (tertiary/aromatic N) is 3. The number of rotatable bonds is 3. The molecule has 3 heterocycles. The lowest BCUT2D eigenvalue weighted by Gasteiger charge is -2.33. The van der Waals surface area contributed by atoms with Crippen LogP contribution in [0.3, 0.4) is 0 Å². The molecule has 1 aromatic heterocycles. The minimum atomic E-state index is -0.226. The first-order valence-corrected chi connectivity index (χ1v) is 9.19. The van der Waals surface area contributed by atoms with E-state index in [9.17, 15) is 4.79 Å². The number of nitrogens with one attached hydrogen (secondary N) is 2. The van der Waals surface area contributed by atoms with Gasteiger partial charge in [-0.3, -0.25) is 0 Å². The second kappa shape index (κ2) is 7.69.